The third kappa shape index (κ3) is 1.96. The zero-order valence-corrected chi connectivity index (χ0v) is 10.6. The third-order valence-corrected chi connectivity index (χ3v) is 3.67. The van der Waals surface area contributed by atoms with E-state index in [1.165, 1.54) is 0 Å². The second-order valence-corrected chi connectivity index (χ2v) is 5.29. The van der Waals surface area contributed by atoms with E-state index in [2.05, 4.69) is 10.3 Å². The monoisotopic (exact) mass is 248 g/mol. The number of aliphatic carboxylic acids is 1. The number of pyridine rings is 1. The molecule has 0 radical (unpaired) electrons. The number of carbonyl (C=O) groups excluding carboxylic acids is 1. The number of amides is 1. The van der Waals surface area contributed by atoms with E-state index in [9.17, 15) is 9.59 Å². The van der Waals surface area contributed by atoms with Gasteiger partial charge in [-0.05, 0) is 24.0 Å². The Bertz CT molecular complexity index is 511. The van der Waals surface area contributed by atoms with Crippen molar-refractivity contribution in [1.82, 2.24) is 4.98 Å². The minimum atomic E-state index is -0.914. The summed E-state index contributed by atoms with van der Waals surface area (Å²) < 4.78 is 0. The average Bonchev–Trinajstić information content (AvgIpc) is 2.85. The zero-order valence-electron chi connectivity index (χ0n) is 10.6. The Hall–Kier alpha value is -1.91. The first-order valence-corrected chi connectivity index (χ1v) is 5.80. The molecular weight excluding hydrogens is 232 g/mol. The molecule has 1 aromatic rings. The van der Waals surface area contributed by atoms with Gasteiger partial charge in [-0.25, -0.2) is 0 Å². The van der Waals surface area contributed by atoms with Gasteiger partial charge in [0, 0.05) is 6.20 Å². The minimum absolute atomic E-state index is 0.247. The highest BCUT2D eigenvalue weighted by atomic mass is 16.4. The normalized spacial score (nSPS) is 24.4. The van der Waals surface area contributed by atoms with Gasteiger partial charge in [0.1, 0.15) is 0 Å². The molecule has 5 nitrogen and oxygen atoms in total. The topological polar surface area (TPSA) is 79.3 Å². The number of anilines is 1. The van der Waals surface area contributed by atoms with Gasteiger partial charge in [0.05, 0.1) is 23.7 Å². The largest absolute Gasteiger partial charge is 0.481 e. The lowest BCUT2D eigenvalue weighted by atomic mass is 10.1. The lowest BCUT2D eigenvalue weighted by molar-refractivity contribution is -0.140. The fourth-order valence-corrected chi connectivity index (χ4v) is 2.39. The Morgan fingerprint density at radius 3 is 2.56 bits per heavy atom. The van der Waals surface area contributed by atoms with Crippen LogP contribution in [0.4, 0.5) is 5.69 Å². The molecule has 1 aliphatic carbocycles. The van der Waals surface area contributed by atoms with Gasteiger partial charge in [-0.2, -0.15) is 0 Å². The SMILES string of the molecule is Cc1ccncc1NC(=O)C1C(C(=O)O)C1(C)C. The maximum atomic E-state index is 12.1. The summed E-state index contributed by atoms with van der Waals surface area (Å²) >= 11 is 0. The summed E-state index contributed by atoms with van der Waals surface area (Å²) in [5, 5.41) is 11.8. The van der Waals surface area contributed by atoms with E-state index in [0.29, 0.717) is 5.69 Å². The van der Waals surface area contributed by atoms with Crippen LogP contribution in [0.25, 0.3) is 0 Å². The molecule has 2 rings (SSSR count). The van der Waals surface area contributed by atoms with Crippen LogP contribution in [0.2, 0.25) is 0 Å². The zero-order chi connectivity index (χ0) is 13.5. The molecule has 5 heteroatoms. The van der Waals surface area contributed by atoms with Crippen molar-refractivity contribution >= 4 is 17.6 Å². The number of hydrogen-bond donors (Lipinski definition) is 2. The van der Waals surface area contributed by atoms with E-state index in [4.69, 9.17) is 5.11 Å². The number of carboxylic acid groups (broad SMARTS) is 1. The smallest absolute Gasteiger partial charge is 0.307 e. The van der Waals surface area contributed by atoms with E-state index in [1.807, 2.05) is 6.92 Å². The molecule has 0 spiro atoms. The Labute approximate surface area is 105 Å². The van der Waals surface area contributed by atoms with Crippen LogP contribution < -0.4 is 5.32 Å². The Balaban J connectivity index is 2.11. The van der Waals surface area contributed by atoms with Gasteiger partial charge < -0.3 is 10.4 Å². The summed E-state index contributed by atoms with van der Waals surface area (Å²) in [4.78, 5) is 27.0. The fraction of sp³-hybridized carbons (Fsp3) is 0.462. The van der Waals surface area contributed by atoms with Crippen LogP contribution in [0.3, 0.4) is 0 Å². The first kappa shape index (κ1) is 12.5. The number of nitrogens with one attached hydrogen (secondary N) is 1. The van der Waals surface area contributed by atoms with Gasteiger partial charge in [0.2, 0.25) is 5.91 Å². The van der Waals surface area contributed by atoms with Crippen molar-refractivity contribution in [1.29, 1.82) is 0 Å². The van der Waals surface area contributed by atoms with Gasteiger partial charge in [-0.1, -0.05) is 13.8 Å². The van der Waals surface area contributed by atoms with Gasteiger partial charge in [0.15, 0.2) is 0 Å². The van der Waals surface area contributed by atoms with Crippen molar-refractivity contribution in [2.45, 2.75) is 20.8 Å². The van der Waals surface area contributed by atoms with Gasteiger partial charge >= 0.3 is 5.97 Å². The van der Waals surface area contributed by atoms with Crippen molar-refractivity contribution in [2.75, 3.05) is 5.32 Å². The van der Waals surface area contributed by atoms with Gasteiger partial charge in [-0.3, -0.25) is 14.6 Å². The standard InChI is InChI=1S/C13H16N2O3/c1-7-4-5-14-6-8(7)15-11(16)9-10(12(17)18)13(9,2)3/h4-6,9-10H,1-3H3,(H,15,16)(H,17,18). The second-order valence-electron chi connectivity index (χ2n) is 5.29. The first-order chi connectivity index (χ1) is 8.35. The number of rotatable bonds is 3. The molecule has 2 atom stereocenters. The van der Waals surface area contributed by atoms with Gasteiger partial charge in [0.25, 0.3) is 0 Å². The molecule has 96 valence electrons. The lowest BCUT2D eigenvalue weighted by Crippen LogP contribution is -2.18. The molecular formula is C13H16N2O3. The number of carbonyl (C=O) groups is 2. The molecule has 1 heterocycles. The molecule has 1 aliphatic rings. The lowest BCUT2D eigenvalue weighted by Gasteiger charge is -2.07. The average molecular weight is 248 g/mol. The molecule has 1 fully saturated rings. The molecule has 0 saturated heterocycles. The Morgan fingerprint density at radius 1 is 1.39 bits per heavy atom. The summed E-state index contributed by atoms with van der Waals surface area (Å²) in [6, 6.07) is 1.79. The molecule has 1 saturated carbocycles. The molecule has 2 unspecified atom stereocenters. The predicted octanol–water partition coefficient (Wildman–Crippen LogP) is 1.69. The number of nitrogens with zero attached hydrogens (tertiary/aromatic N) is 1. The third-order valence-electron chi connectivity index (χ3n) is 3.67. The Morgan fingerprint density at radius 2 is 2.06 bits per heavy atom. The van der Waals surface area contributed by atoms with Crippen molar-refractivity contribution in [2.24, 2.45) is 17.3 Å². The quantitative estimate of drug-likeness (QED) is 0.853. The molecule has 18 heavy (non-hydrogen) atoms. The number of aryl methyl sites for hydroxylation is 1. The van der Waals surface area contributed by atoms with Crippen LogP contribution in [0.15, 0.2) is 18.5 Å². The summed E-state index contributed by atoms with van der Waals surface area (Å²) in [6.07, 6.45) is 3.21. The van der Waals surface area contributed by atoms with Gasteiger partial charge in [-0.15, -0.1) is 0 Å². The van der Waals surface area contributed by atoms with Crippen molar-refractivity contribution in [3.8, 4) is 0 Å². The van der Waals surface area contributed by atoms with Crippen molar-refractivity contribution < 1.29 is 14.7 Å². The second kappa shape index (κ2) is 4.08. The van der Waals surface area contributed by atoms with E-state index in [1.54, 1.807) is 32.3 Å². The molecule has 0 aromatic carbocycles. The van der Waals surface area contributed by atoms with E-state index in [-0.39, 0.29) is 5.91 Å². The summed E-state index contributed by atoms with van der Waals surface area (Å²) in [6.45, 7) is 5.46. The number of carboxylic acids is 1. The molecule has 1 amide bonds. The van der Waals surface area contributed by atoms with Crippen LogP contribution in [0.1, 0.15) is 19.4 Å². The van der Waals surface area contributed by atoms with Crippen molar-refractivity contribution in [3.05, 3.63) is 24.0 Å². The Kier molecular flexibility index (Phi) is 2.84. The maximum absolute atomic E-state index is 12.1. The highest BCUT2D eigenvalue weighted by Gasteiger charge is 2.65. The van der Waals surface area contributed by atoms with Crippen LogP contribution in [0, 0.1) is 24.2 Å². The van der Waals surface area contributed by atoms with Crippen LogP contribution in [-0.2, 0) is 9.59 Å². The molecule has 0 aliphatic heterocycles. The van der Waals surface area contributed by atoms with Crippen LogP contribution in [-0.4, -0.2) is 22.0 Å². The molecule has 0 bridgehead atoms. The first-order valence-electron chi connectivity index (χ1n) is 5.80. The van der Waals surface area contributed by atoms with E-state index >= 15 is 0 Å². The van der Waals surface area contributed by atoms with Crippen molar-refractivity contribution in [3.63, 3.8) is 0 Å². The predicted molar refractivity (Wildman–Crippen MR) is 66.0 cm³/mol. The highest BCUT2D eigenvalue weighted by Crippen LogP contribution is 2.58. The number of aromatic nitrogens is 1. The summed E-state index contributed by atoms with van der Waals surface area (Å²) in [7, 11) is 0. The fourth-order valence-electron chi connectivity index (χ4n) is 2.39. The minimum Gasteiger partial charge on any atom is -0.481 e. The van der Waals surface area contributed by atoms with Crippen LogP contribution in [0.5, 0.6) is 0 Å². The molecule has 2 N–H and O–H groups in total. The van der Waals surface area contributed by atoms with Crippen LogP contribution >= 0.6 is 0 Å². The molecule has 1 aromatic heterocycles. The summed E-state index contributed by atoms with van der Waals surface area (Å²) in [5.74, 6) is -2.24. The van der Waals surface area contributed by atoms with E-state index < -0.39 is 23.2 Å². The maximum Gasteiger partial charge on any atom is 0.307 e. The highest BCUT2D eigenvalue weighted by molar-refractivity contribution is 6.00. The van der Waals surface area contributed by atoms with E-state index in [0.717, 1.165) is 5.56 Å². The number of hydrogen-bond acceptors (Lipinski definition) is 3. The summed E-state index contributed by atoms with van der Waals surface area (Å²) in [5.41, 5.74) is 1.06.